The van der Waals surface area contributed by atoms with E-state index < -0.39 is 5.37 Å². The third kappa shape index (κ3) is 4.15. The molecule has 2 rings (SSSR count). The van der Waals surface area contributed by atoms with E-state index in [0.717, 1.165) is 5.56 Å². The van der Waals surface area contributed by atoms with Crippen molar-refractivity contribution in [1.82, 2.24) is 5.32 Å². The highest BCUT2D eigenvalue weighted by molar-refractivity contribution is 7.99. The zero-order chi connectivity index (χ0) is 14.2. The van der Waals surface area contributed by atoms with E-state index in [2.05, 4.69) is 11.4 Å². The van der Waals surface area contributed by atoms with Crippen molar-refractivity contribution >= 4 is 17.7 Å². The van der Waals surface area contributed by atoms with E-state index in [0.29, 0.717) is 11.3 Å². The molecule has 2 aromatic rings. The molecule has 0 bridgehead atoms. The molecule has 0 saturated carbocycles. The Labute approximate surface area is 122 Å². The van der Waals surface area contributed by atoms with E-state index in [9.17, 15) is 4.79 Å². The fraction of sp³-hybridized carbons (Fsp3) is 0.125. The molecular formula is C16H14N2OS. The Morgan fingerprint density at radius 1 is 1.10 bits per heavy atom. The topological polar surface area (TPSA) is 52.9 Å². The number of hydrogen-bond donors (Lipinski definition) is 1. The van der Waals surface area contributed by atoms with Crippen LogP contribution in [0.1, 0.15) is 15.9 Å². The number of hydrogen-bond acceptors (Lipinski definition) is 3. The van der Waals surface area contributed by atoms with Gasteiger partial charge in [-0.3, -0.25) is 4.79 Å². The van der Waals surface area contributed by atoms with E-state index in [1.54, 1.807) is 24.3 Å². The fourth-order valence-corrected chi connectivity index (χ4v) is 2.47. The number of carbonyl (C=O) groups excluding carboxylic acids is 1. The Morgan fingerprint density at radius 2 is 1.70 bits per heavy atom. The van der Waals surface area contributed by atoms with Gasteiger partial charge in [-0.1, -0.05) is 48.5 Å². The standard InChI is InChI=1S/C16H14N2OS/c17-11-15(20-12-13-7-3-1-4-8-13)18-16(19)14-9-5-2-6-10-14/h1-10,15H,12H2,(H,18,19)/t15-/m1/s1. The lowest BCUT2D eigenvalue weighted by Crippen LogP contribution is -2.31. The molecule has 1 N–H and O–H groups in total. The third-order valence-corrected chi connectivity index (χ3v) is 3.73. The van der Waals surface area contributed by atoms with Crippen molar-refractivity contribution in [1.29, 1.82) is 5.26 Å². The van der Waals surface area contributed by atoms with Gasteiger partial charge in [0.1, 0.15) is 0 Å². The quantitative estimate of drug-likeness (QED) is 0.857. The SMILES string of the molecule is N#C[C@H](NC(=O)c1ccccc1)SCc1ccccc1. The second-order valence-electron chi connectivity index (χ2n) is 4.15. The molecule has 0 spiro atoms. The first kappa shape index (κ1) is 14.2. The van der Waals surface area contributed by atoms with Gasteiger partial charge < -0.3 is 5.32 Å². The number of rotatable bonds is 5. The first-order valence-electron chi connectivity index (χ1n) is 6.20. The van der Waals surface area contributed by atoms with E-state index >= 15 is 0 Å². The number of nitrogens with one attached hydrogen (secondary N) is 1. The molecule has 0 unspecified atom stereocenters. The highest BCUT2D eigenvalue weighted by Crippen LogP contribution is 2.16. The van der Waals surface area contributed by atoms with Crippen molar-refractivity contribution in [3.63, 3.8) is 0 Å². The third-order valence-electron chi connectivity index (χ3n) is 2.67. The maximum Gasteiger partial charge on any atom is 0.252 e. The highest BCUT2D eigenvalue weighted by Gasteiger charge is 2.13. The van der Waals surface area contributed by atoms with Crippen LogP contribution in [0.3, 0.4) is 0 Å². The van der Waals surface area contributed by atoms with Crippen LogP contribution in [0.4, 0.5) is 0 Å². The van der Waals surface area contributed by atoms with Gasteiger partial charge >= 0.3 is 0 Å². The molecule has 0 aliphatic heterocycles. The van der Waals surface area contributed by atoms with Gasteiger partial charge in [0.05, 0.1) is 6.07 Å². The Kier molecular flexibility index (Phi) is 5.22. The molecule has 0 fully saturated rings. The predicted octanol–water partition coefficient (Wildman–Crippen LogP) is 3.20. The van der Waals surface area contributed by atoms with Gasteiger partial charge in [-0.15, -0.1) is 11.8 Å². The summed E-state index contributed by atoms with van der Waals surface area (Å²) >= 11 is 1.40. The summed E-state index contributed by atoms with van der Waals surface area (Å²) in [5.74, 6) is 0.464. The molecule has 1 atom stereocenters. The maximum absolute atomic E-state index is 11.9. The fourth-order valence-electron chi connectivity index (χ4n) is 1.66. The van der Waals surface area contributed by atoms with Crippen LogP contribution in [0, 0.1) is 11.3 Å². The Balaban J connectivity index is 1.90. The molecule has 100 valence electrons. The average Bonchev–Trinajstić information content (AvgIpc) is 2.53. The second kappa shape index (κ2) is 7.37. The summed E-state index contributed by atoms with van der Waals surface area (Å²) in [7, 11) is 0. The first-order chi connectivity index (χ1) is 9.79. The minimum atomic E-state index is -0.553. The molecule has 2 aromatic carbocycles. The Bertz CT molecular complexity index is 593. The highest BCUT2D eigenvalue weighted by atomic mass is 32.2. The zero-order valence-corrected chi connectivity index (χ0v) is 11.6. The van der Waals surface area contributed by atoms with Crippen LogP contribution in [0.25, 0.3) is 0 Å². The summed E-state index contributed by atoms with van der Waals surface area (Å²) in [6.45, 7) is 0. The van der Waals surface area contributed by atoms with Crippen LogP contribution in [-0.4, -0.2) is 11.3 Å². The first-order valence-corrected chi connectivity index (χ1v) is 7.25. The van der Waals surface area contributed by atoms with E-state index in [4.69, 9.17) is 5.26 Å². The lowest BCUT2D eigenvalue weighted by molar-refractivity contribution is 0.0955. The molecule has 0 aliphatic rings. The van der Waals surface area contributed by atoms with Crippen LogP contribution < -0.4 is 5.32 Å². The summed E-state index contributed by atoms with van der Waals surface area (Å²) < 4.78 is 0. The number of nitrogens with zero attached hydrogens (tertiary/aromatic N) is 1. The Hall–Kier alpha value is -2.25. The summed E-state index contributed by atoms with van der Waals surface area (Å²) in [5, 5.41) is 11.3. The molecule has 0 radical (unpaired) electrons. The van der Waals surface area contributed by atoms with Gasteiger partial charge in [-0.25, -0.2) is 0 Å². The summed E-state index contributed by atoms with van der Waals surface area (Å²) in [6, 6.07) is 20.9. The van der Waals surface area contributed by atoms with Gasteiger partial charge in [0.2, 0.25) is 0 Å². The van der Waals surface area contributed by atoms with Crippen molar-refractivity contribution in [3.8, 4) is 6.07 Å². The molecule has 0 aliphatic carbocycles. The van der Waals surface area contributed by atoms with Crippen LogP contribution >= 0.6 is 11.8 Å². The van der Waals surface area contributed by atoms with Gasteiger partial charge in [0.15, 0.2) is 5.37 Å². The Morgan fingerprint density at radius 3 is 2.30 bits per heavy atom. The number of benzene rings is 2. The van der Waals surface area contributed by atoms with Crippen molar-refractivity contribution < 1.29 is 4.79 Å². The van der Waals surface area contributed by atoms with E-state index in [1.807, 2.05) is 36.4 Å². The van der Waals surface area contributed by atoms with Gasteiger partial charge in [0.25, 0.3) is 5.91 Å². The summed E-state index contributed by atoms with van der Waals surface area (Å²) in [5.41, 5.74) is 1.69. The van der Waals surface area contributed by atoms with Crippen molar-refractivity contribution in [2.24, 2.45) is 0 Å². The lowest BCUT2D eigenvalue weighted by Gasteiger charge is -2.11. The van der Waals surface area contributed by atoms with E-state index in [-0.39, 0.29) is 5.91 Å². The second-order valence-corrected chi connectivity index (χ2v) is 5.24. The zero-order valence-electron chi connectivity index (χ0n) is 10.8. The predicted molar refractivity (Wildman–Crippen MR) is 81.0 cm³/mol. The molecule has 0 heterocycles. The number of amides is 1. The molecule has 1 amide bonds. The van der Waals surface area contributed by atoms with Gasteiger partial charge in [-0.2, -0.15) is 5.26 Å². The average molecular weight is 282 g/mol. The van der Waals surface area contributed by atoms with Gasteiger partial charge in [-0.05, 0) is 17.7 Å². The minimum absolute atomic E-state index is 0.224. The minimum Gasteiger partial charge on any atom is -0.328 e. The summed E-state index contributed by atoms with van der Waals surface area (Å²) in [4.78, 5) is 11.9. The molecule has 0 aromatic heterocycles. The molecular weight excluding hydrogens is 268 g/mol. The number of nitriles is 1. The van der Waals surface area contributed by atoms with Crippen LogP contribution in [0.2, 0.25) is 0 Å². The summed E-state index contributed by atoms with van der Waals surface area (Å²) in [6.07, 6.45) is 0. The largest absolute Gasteiger partial charge is 0.328 e. The lowest BCUT2D eigenvalue weighted by atomic mass is 10.2. The maximum atomic E-state index is 11.9. The molecule has 20 heavy (non-hydrogen) atoms. The van der Waals surface area contributed by atoms with Crippen molar-refractivity contribution in [2.75, 3.05) is 0 Å². The van der Waals surface area contributed by atoms with Crippen LogP contribution in [0.5, 0.6) is 0 Å². The smallest absolute Gasteiger partial charge is 0.252 e. The number of thioether (sulfide) groups is 1. The normalized spacial score (nSPS) is 11.3. The van der Waals surface area contributed by atoms with Crippen LogP contribution in [-0.2, 0) is 5.75 Å². The molecule has 4 heteroatoms. The van der Waals surface area contributed by atoms with Gasteiger partial charge in [0, 0.05) is 11.3 Å². The molecule has 0 saturated heterocycles. The monoisotopic (exact) mass is 282 g/mol. The van der Waals surface area contributed by atoms with E-state index in [1.165, 1.54) is 11.8 Å². The van der Waals surface area contributed by atoms with Crippen molar-refractivity contribution in [2.45, 2.75) is 11.1 Å². The van der Waals surface area contributed by atoms with Crippen molar-refractivity contribution in [3.05, 3.63) is 71.8 Å². The molecule has 3 nitrogen and oxygen atoms in total. The van der Waals surface area contributed by atoms with Crippen LogP contribution in [0.15, 0.2) is 60.7 Å². The number of carbonyl (C=O) groups is 1.